The molecule has 0 saturated carbocycles. The molecule has 322 valence electrons. The lowest BCUT2D eigenvalue weighted by molar-refractivity contribution is 0.332. The Morgan fingerprint density at radius 1 is 0.522 bits per heavy atom. The van der Waals surface area contributed by atoms with E-state index in [2.05, 4.69) is 203 Å². The number of nitrogens with zero attached hydrogens (tertiary/aromatic N) is 1. The van der Waals surface area contributed by atoms with E-state index in [-0.39, 0.29) is 10.8 Å². The minimum absolute atomic E-state index is 0.0621. The molecule has 14 rings (SSSR count). The number of furan rings is 2. The molecule has 4 nitrogen and oxygen atoms in total. The second-order valence-electron chi connectivity index (χ2n) is 21.0. The van der Waals surface area contributed by atoms with Gasteiger partial charge in [-0.05, 0) is 148 Å². The van der Waals surface area contributed by atoms with Crippen molar-refractivity contribution in [3.8, 4) is 27.9 Å². The Kier molecular flexibility index (Phi) is 7.83. The van der Waals surface area contributed by atoms with Crippen LogP contribution in [-0.4, -0.2) is 11.8 Å². The molecule has 3 aromatic heterocycles. The van der Waals surface area contributed by atoms with Gasteiger partial charge in [-0.25, -0.2) is 0 Å². The lowest BCUT2D eigenvalue weighted by Gasteiger charge is -2.41. The fourth-order valence-corrected chi connectivity index (χ4v) is 12.1. The number of aryl methyl sites for hydroxylation is 2. The molecular weight excluding hydrogens is 816 g/mol. The van der Waals surface area contributed by atoms with E-state index in [1.165, 1.54) is 88.0 Å². The van der Waals surface area contributed by atoms with Crippen LogP contribution < -0.4 is 16.2 Å². The molecule has 0 unspecified atom stereocenters. The number of rotatable bonds is 4. The molecule has 9 aromatic carbocycles. The lowest BCUT2D eigenvalue weighted by atomic mass is 9.58. The highest BCUT2D eigenvalue weighted by Crippen LogP contribution is 2.50. The van der Waals surface area contributed by atoms with Crippen LogP contribution in [0.2, 0.25) is 0 Å². The summed E-state index contributed by atoms with van der Waals surface area (Å²) < 4.78 is 16.2. The van der Waals surface area contributed by atoms with Crippen molar-refractivity contribution >= 4 is 106 Å². The van der Waals surface area contributed by atoms with Gasteiger partial charge < -0.3 is 18.7 Å². The van der Waals surface area contributed by atoms with Crippen LogP contribution in [0.15, 0.2) is 160 Å². The maximum atomic E-state index is 6.97. The van der Waals surface area contributed by atoms with E-state index in [1.54, 1.807) is 0 Å². The molecule has 1 aliphatic carbocycles. The summed E-state index contributed by atoms with van der Waals surface area (Å²) in [5.41, 5.74) is 22.2. The summed E-state index contributed by atoms with van der Waals surface area (Å²) in [5, 5.41) is 13.6. The van der Waals surface area contributed by atoms with Crippen LogP contribution in [0.3, 0.4) is 0 Å². The average molecular weight is 865 g/mol. The van der Waals surface area contributed by atoms with Crippen molar-refractivity contribution in [1.82, 2.24) is 4.57 Å². The zero-order chi connectivity index (χ0) is 45.1. The molecule has 67 heavy (non-hydrogen) atoms. The number of fused-ring (bicyclic) bond motifs is 14. The lowest BCUT2D eigenvalue weighted by Crippen LogP contribution is -2.37. The van der Waals surface area contributed by atoms with E-state index < -0.39 is 0 Å². The van der Waals surface area contributed by atoms with Gasteiger partial charge in [0, 0.05) is 60.8 Å². The number of aromatic nitrogens is 1. The van der Waals surface area contributed by atoms with Crippen molar-refractivity contribution in [2.24, 2.45) is 0 Å². The highest BCUT2D eigenvalue weighted by molar-refractivity contribution is 6.73. The summed E-state index contributed by atoms with van der Waals surface area (Å²) in [5.74, 6) is 0. The highest BCUT2D eigenvalue weighted by atomic mass is 16.3. The van der Waals surface area contributed by atoms with E-state index >= 15 is 0 Å². The maximum absolute atomic E-state index is 6.97. The Morgan fingerprint density at radius 3 is 2.04 bits per heavy atom. The molecule has 0 fully saturated rings. The number of hydrogen-bond donors (Lipinski definition) is 1. The van der Waals surface area contributed by atoms with E-state index in [0.29, 0.717) is 0 Å². The molecule has 12 aromatic rings. The van der Waals surface area contributed by atoms with Gasteiger partial charge in [0.1, 0.15) is 22.3 Å². The van der Waals surface area contributed by atoms with Gasteiger partial charge in [-0.3, -0.25) is 0 Å². The third-order valence-electron chi connectivity index (χ3n) is 15.8. The minimum atomic E-state index is 0.0621. The van der Waals surface area contributed by atoms with Crippen LogP contribution in [-0.2, 0) is 10.8 Å². The summed E-state index contributed by atoms with van der Waals surface area (Å²) in [7, 11) is 0.797. The fraction of sp³-hybridized carbons (Fsp3) is 0.161. The topological polar surface area (TPSA) is 43.2 Å². The predicted molar refractivity (Wildman–Crippen MR) is 285 cm³/mol. The number of hydrogen-bond acceptors (Lipinski definition) is 3. The number of benzene rings is 9. The molecule has 1 aliphatic heterocycles. The zero-order valence-corrected chi connectivity index (χ0v) is 38.8. The van der Waals surface area contributed by atoms with Crippen molar-refractivity contribution in [1.29, 1.82) is 0 Å². The molecule has 4 heterocycles. The van der Waals surface area contributed by atoms with Crippen molar-refractivity contribution in [3.05, 3.63) is 174 Å². The van der Waals surface area contributed by atoms with Crippen LogP contribution in [0.5, 0.6) is 0 Å². The van der Waals surface area contributed by atoms with Gasteiger partial charge in [0.05, 0.1) is 11.2 Å². The zero-order valence-electron chi connectivity index (χ0n) is 38.8. The van der Waals surface area contributed by atoms with Crippen LogP contribution in [0, 0.1) is 13.8 Å². The molecule has 0 amide bonds. The first kappa shape index (κ1) is 38.7. The van der Waals surface area contributed by atoms with Gasteiger partial charge in [-0.2, -0.15) is 0 Å². The van der Waals surface area contributed by atoms with E-state index in [9.17, 15) is 0 Å². The quantitative estimate of drug-likeness (QED) is 0.179. The van der Waals surface area contributed by atoms with Crippen molar-refractivity contribution in [2.45, 2.75) is 65.2 Å². The number of anilines is 2. The van der Waals surface area contributed by atoms with Gasteiger partial charge in [0.2, 0.25) is 0 Å². The average Bonchev–Trinajstić information content (AvgIpc) is 4.00. The fourth-order valence-electron chi connectivity index (χ4n) is 12.1. The molecular formula is C62H49BN2O2. The Morgan fingerprint density at radius 2 is 1.21 bits per heavy atom. The van der Waals surface area contributed by atoms with Gasteiger partial charge >= 0.3 is 0 Å². The smallest absolute Gasteiger partial charge is 0.198 e. The standard InChI is InChI=1S/C62H49BN2O2/c1-34-15-20-38(21-16-34)64-50-33-56-44(45-31-47-48(32-55(45)67-56)62(5,6)26-25-61(47,3)4)30-43(50)46-29-42(37-18-22-41-40-13-9-10-14-53(40)66-54(41)28-37)58-57-39-12-8-7-11-36(39)19-24-52(57)65-51-23-17-35(2)27-49(51)63-59(46)60(58)65/h7-24,27-33,63-64H,25-26H2,1-6H3. The van der Waals surface area contributed by atoms with Crippen LogP contribution in [0.1, 0.15) is 62.8 Å². The molecule has 0 bridgehead atoms. The number of nitrogens with one attached hydrogen (secondary N) is 1. The van der Waals surface area contributed by atoms with Crippen LogP contribution >= 0.6 is 0 Å². The Bertz CT molecular complexity index is 4120. The van der Waals surface area contributed by atoms with Crippen molar-refractivity contribution < 1.29 is 8.83 Å². The first-order valence-corrected chi connectivity index (χ1v) is 23.9. The molecule has 0 saturated heterocycles. The Hall–Kier alpha value is -7.50. The molecule has 0 radical (unpaired) electrons. The van der Waals surface area contributed by atoms with Crippen molar-refractivity contribution in [3.63, 3.8) is 0 Å². The van der Waals surface area contributed by atoms with Gasteiger partial charge in [0.25, 0.3) is 0 Å². The molecule has 0 atom stereocenters. The second-order valence-corrected chi connectivity index (χ2v) is 21.0. The second kappa shape index (κ2) is 13.5. The first-order chi connectivity index (χ1) is 32.5. The monoisotopic (exact) mass is 864 g/mol. The minimum Gasteiger partial charge on any atom is -0.456 e. The maximum Gasteiger partial charge on any atom is 0.198 e. The molecule has 0 spiro atoms. The van der Waals surface area contributed by atoms with Gasteiger partial charge in [0.15, 0.2) is 7.28 Å². The summed E-state index contributed by atoms with van der Waals surface area (Å²) in [6, 6.07) is 56.5. The van der Waals surface area contributed by atoms with Gasteiger partial charge in [-0.1, -0.05) is 123 Å². The Labute approximate surface area is 390 Å². The number of para-hydroxylation sites is 1. The normalized spacial score (nSPS) is 15.0. The van der Waals surface area contributed by atoms with E-state index in [1.807, 2.05) is 0 Å². The summed E-state index contributed by atoms with van der Waals surface area (Å²) in [6.45, 7) is 14.0. The Balaban J connectivity index is 1.14. The predicted octanol–water partition coefficient (Wildman–Crippen LogP) is 15.5. The largest absolute Gasteiger partial charge is 0.456 e. The third-order valence-corrected chi connectivity index (χ3v) is 15.8. The first-order valence-electron chi connectivity index (χ1n) is 23.9. The molecule has 5 heteroatoms. The SMILES string of the molecule is Cc1ccc(Nc2cc3oc4cc5c(cc4c3cc2-c2cc(-c3ccc4c(c3)oc3ccccc34)c3c4c6ccccc6ccc4n4c3c2Bc2cc(C)ccc2-4)C(C)(C)CCC5(C)C)cc1. The summed E-state index contributed by atoms with van der Waals surface area (Å²) in [4.78, 5) is 0. The molecule has 1 N–H and O–H groups in total. The summed E-state index contributed by atoms with van der Waals surface area (Å²) in [6.07, 6.45) is 2.31. The highest BCUT2D eigenvalue weighted by Gasteiger charge is 2.38. The van der Waals surface area contributed by atoms with Gasteiger partial charge in [-0.15, -0.1) is 0 Å². The third kappa shape index (κ3) is 5.61. The van der Waals surface area contributed by atoms with E-state index in [4.69, 9.17) is 8.83 Å². The van der Waals surface area contributed by atoms with E-state index in [0.717, 1.165) is 81.1 Å². The molecule has 2 aliphatic rings. The summed E-state index contributed by atoms with van der Waals surface area (Å²) >= 11 is 0. The van der Waals surface area contributed by atoms with Crippen LogP contribution in [0.4, 0.5) is 11.4 Å². The van der Waals surface area contributed by atoms with Crippen LogP contribution in [0.25, 0.3) is 104 Å². The van der Waals surface area contributed by atoms with Crippen molar-refractivity contribution in [2.75, 3.05) is 5.32 Å².